The number of rotatable bonds is 6. The maximum Gasteiger partial charge on any atom is 0.311 e. The van der Waals surface area contributed by atoms with E-state index in [1.54, 1.807) is 6.07 Å². The van der Waals surface area contributed by atoms with Gasteiger partial charge in [-0.1, -0.05) is 26.3 Å². The molecule has 0 radical (unpaired) electrons. The van der Waals surface area contributed by atoms with Gasteiger partial charge in [0.05, 0.1) is 18.1 Å². The monoisotopic (exact) mass is 239 g/mol. The van der Waals surface area contributed by atoms with Gasteiger partial charge in [0.1, 0.15) is 0 Å². The Kier molecular flexibility index (Phi) is 4.90. The molecule has 1 unspecified atom stereocenters. The molecule has 0 heterocycles. The fourth-order valence-electron chi connectivity index (χ4n) is 1.28. The number of hydrogen-bond donors (Lipinski definition) is 1. The van der Waals surface area contributed by atoms with Crippen LogP contribution in [0.3, 0.4) is 0 Å². The van der Waals surface area contributed by atoms with E-state index < -0.39 is 4.92 Å². The van der Waals surface area contributed by atoms with E-state index in [2.05, 4.69) is 0 Å². The zero-order valence-corrected chi connectivity index (χ0v) is 10.0. The molecule has 0 aliphatic heterocycles. The molecule has 0 fully saturated rings. The van der Waals surface area contributed by atoms with E-state index in [1.165, 1.54) is 12.1 Å². The molecule has 0 amide bonds. The van der Waals surface area contributed by atoms with Crippen molar-refractivity contribution in [3.63, 3.8) is 0 Å². The summed E-state index contributed by atoms with van der Waals surface area (Å²) >= 11 is 0. The summed E-state index contributed by atoms with van der Waals surface area (Å²) in [5.41, 5.74) is 0.410. The normalized spacial score (nSPS) is 12.2. The van der Waals surface area contributed by atoms with Gasteiger partial charge < -0.3 is 9.84 Å². The summed E-state index contributed by atoms with van der Waals surface area (Å²) in [6, 6.07) is 4.50. The van der Waals surface area contributed by atoms with Crippen LogP contribution in [0, 0.1) is 16.0 Å². The van der Waals surface area contributed by atoms with Crippen LogP contribution >= 0.6 is 0 Å². The first kappa shape index (κ1) is 13.4. The minimum atomic E-state index is -0.495. The molecule has 0 aliphatic carbocycles. The number of nitrogens with zero attached hydrogens (tertiary/aromatic N) is 1. The van der Waals surface area contributed by atoms with Crippen LogP contribution in [0.1, 0.15) is 25.8 Å². The van der Waals surface area contributed by atoms with Gasteiger partial charge in [-0.2, -0.15) is 0 Å². The second-order valence-corrected chi connectivity index (χ2v) is 4.04. The van der Waals surface area contributed by atoms with E-state index in [9.17, 15) is 10.1 Å². The lowest BCUT2D eigenvalue weighted by atomic mass is 10.1. The molecular weight excluding hydrogens is 222 g/mol. The SMILES string of the molecule is CCC(C)COc1ccc(CO)cc1[N+](=O)[O-]. The van der Waals surface area contributed by atoms with E-state index in [-0.39, 0.29) is 18.0 Å². The Balaban J connectivity index is 2.87. The van der Waals surface area contributed by atoms with Crippen LogP contribution in [0.15, 0.2) is 18.2 Å². The van der Waals surface area contributed by atoms with Crippen molar-refractivity contribution in [2.75, 3.05) is 6.61 Å². The summed E-state index contributed by atoms with van der Waals surface area (Å²) in [7, 11) is 0. The highest BCUT2D eigenvalue weighted by Crippen LogP contribution is 2.28. The summed E-state index contributed by atoms with van der Waals surface area (Å²) in [5.74, 6) is 0.611. The molecule has 0 spiro atoms. The summed E-state index contributed by atoms with van der Waals surface area (Å²) in [6.07, 6.45) is 0.961. The fourth-order valence-corrected chi connectivity index (χ4v) is 1.28. The summed E-state index contributed by atoms with van der Waals surface area (Å²) in [4.78, 5) is 10.4. The third-order valence-corrected chi connectivity index (χ3v) is 2.62. The minimum absolute atomic E-state index is 0.0974. The lowest BCUT2D eigenvalue weighted by molar-refractivity contribution is -0.386. The Morgan fingerprint density at radius 2 is 2.24 bits per heavy atom. The number of aliphatic hydroxyl groups excluding tert-OH is 1. The summed E-state index contributed by atoms with van der Waals surface area (Å²) in [6.45, 7) is 4.30. The van der Waals surface area contributed by atoms with E-state index >= 15 is 0 Å². The van der Waals surface area contributed by atoms with Gasteiger partial charge in [-0.05, 0) is 17.5 Å². The molecule has 0 bridgehead atoms. The van der Waals surface area contributed by atoms with Crippen LogP contribution in [0.25, 0.3) is 0 Å². The van der Waals surface area contributed by atoms with Crippen LogP contribution in [0.5, 0.6) is 5.75 Å². The highest BCUT2D eigenvalue weighted by molar-refractivity contribution is 5.48. The smallest absolute Gasteiger partial charge is 0.311 e. The van der Waals surface area contributed by atoms with E-state index in [4.69, 9.17) is 9.84 Å². The molecule has 1 atom stereocenters. The van der Waals surface area contributed by atoms with E-state index in [1.807, 2.05) is 13.8 Å². The Labute approximate surface area is 100 Å². The fraction of sp³-hybridized carbons (Fsp3) is 0.500. The molecule has 5 nitrogen and oxygen atoms in total. The van der Waals surface area contributed by atoms with Crippen molar-refractivity contribution in [1.82, 2.24) is 0 Å². The predicted octanol–water partition coefficient (Wildman–Crippen LogP) is 2.51. The quantitative estimate of drug-likeness (QED) is 0.611. The highest BCUT2D eigenvalue weighted by atomic mass is 16.6. The first-order chi connectivity index (χ1) is 8.08. The third-order valence-electron chi connectivity index (χ3n) is 2.62. The van der Waals surface area contributed by atoms with E-state index in [0.717, 1.165) is 6.42 Å². The second-order valence-electron chi connectivity index (χ2n) is 4.04. The zero-order valence-electron chi connectivity index (χ0n) is 10.0. The number of nitro benzene ring substituents is 1. The molecule has 94 valence electrons. The van der Waals surface area contributed by atoms with Crippen molar-refractivity contribution in [2.24, 2.45) is 5.92 Å². The van der Waals surface area contributed by atoms with Crippen LogP contribution in [-0.4, -0.2) is 16.6 Å². The third kappa shape index (κ3) is 3.71. The Morgan fingerprint density at radius 3 is 2.76 bits per heavy atom. The van der Waals surface area contributed by atoms with Crippen molar-refractivity contribution < 1.29 is 14.8 Å². The topological polar surface area (TPSA) is 72.6 Å². The van der Waals surface area contributed by atoms with Gasteiger partial charge in [0.15, 0.2) is 5.75 Å². The average molecular weight is 239 g/mol. The minimum Gasteiger partial charge on any atom is -0.487 e. The molecular formula is C12H17NO4. The van der Waals surface area contributed by atoms with Gasteiger partial charge in [0.2, 0.25) is 0 Å². The lowest BCUT2D eigenvalue weighted by Gasteiger charge is -2.11. The lowest BCUT2D eigenvalue weighted by Crippen LogP contribution is -2.08. The maximum atomic E-state index is 10.8. The number of benzene rings is 1. The van der Waals surface area contributed by atoms with Gasteiger partial charge in [0, 0.05) is 6.07 Å². The zero-order chi connectivity index (χ0) is 12.8. The first-order valence-electron chi connectivity index (χ1n) is 5.59. The number of nitro groups is 1. The molecule has 1 N–H and O–H groups in total. The number of aliphatic hydroxyl groups is 1. The number of hydrogen-bond acceptors (Lipinski definition) is 4. The molecule has 0 saturated carbocycles. The molecule has 1 aromatic carbocycles. The largest absolute Gasteiger partial charge is 0.487 e. The van der Waals surface area contributed by atoms with Gasteiger partial charge in [-0.3, -0.25) is 10.1 Å². The Hall–Kier alpha value is -1.62. The van der Waals surface area contributed by atoms with Crippen LogP contribution in [0.4, 0.5) is 5.69 Å². The van der Waals surface area contributed by atoms with Gasteiger partial charge >= 0.3 is 5.69 Å². The predicted molar refractivity (Wildman–Crippen MR) is 64.0 cm³/mol. The Morgan fingerprint density at radius 1 is 1.53 bits per heavy atom. The molecule has 1 aromatic rings. The maximum absolute atomic E-state index is 10.8. The standard InChI is InChI=1S/C12H17NO4/c1-3-9(2)8-17-12-5-4-10(7-14)6-11(12)13(15)16/h4-6,9,14H,3,7-8H2,1-2H3. The first-order valence-corrected chi connectivity index (χ1v) is 5.59. The summed E-state index contributed by atoms with van der Waals surface area (Å²) < 4.78 is 5.43. The van der Waals surface area contributed by atoms with Crippen molar-refractivity contribution in [2.45, 2.75) is 26.9 Å². The molecule has 5 heteroatoms. The van der Waals surface area contributed by atoms with Crippen molar-refractivity contribution in [1.29, 1.82) is 0 Å². The molecule has 0 aromatic heterocycles. The van der Waals surface area contributed by atoms with Crippen LogP contribution in [-0.2, 0) is 6.61 Å². The highest BCUT2D eigenvalue weighted by Gasteiger charge is 2.16. The van der Waals surface area contributed by atoms with Crippen LogP contribution in [0.2, 0.25) is 0 Å². The van der Waals surface area contributed by atoms with Crippen LogP contribution < -0.4 is 4.74 Å². The van der Waals surface area contributed by atoms with Crippen molar-refractivity contribution in [3.8, 4) is 5.75 Å². The number of ether oxygens (including phenoxy) is 1. The van der Waals surface area contributed by atoms with Gasteiger partial charge in [0.25, 0.3) is 0 Å². The Bertz CT molecular complexity index is 392. The molecule has 0 aliphatic rings. The molecule has 1 rings (SSSR count). The second kappa shape index (κ2) is 6.20. The summed E-state index contributed by atoms with van der Waals surface area (Å²) in [5, 5.41) is 19.8. The average Bonchev–Trinajstić information content (AvgIpc) is 2.35. The van der Waals surface area contributed by atoms with E-state index in [0.29, 0.717) is 18.1 Å². The molecule has 17 heavy (non-hydrogen) atoms. The van der Waals surface area contributed by atoms with Crippen molar-refractivity contribution >= 4 is 5.69 Å². The van der Waals surface area contributed by atoms with Gasteiger partial charge in [-0.15, -0.1) is 0 Å². The van der Waals surface area contributed by atoms with Crippen molar-refractivity contribution in [3.05, 3.63) is 33.9 Å². The molecule has 0 saturated heterocycles. The van der Waals surface area contributed by atoms with Gasteiger partial charge in [-0.25, -0.2) is 0 Å².